The van der Waals surface area contributed by atoms with Crippen LogP contribution in [-0.2, 0) is 24.0 Å². The molecule has 1 spiro atoms. The van der Waals surface area contributed by atoms with E-state index in [2.05, 4.69) is 0 Å². The number of piperidine rings is 1. The number of Topliss-reactive ketones (excluding diaryl/α,β-unsaturated/α-hetero) is 1. The molecule has 2 aliphatic heterocycles. The summed E-state index contributed by atoms with van der Waals surface area (Å²) in [6.45, 7) is 2.86. The van der Waals surface area contributed by atoms with E-state index in [1.807, 2.05) is 49.4 Å². The third kappa shape index (κ3) is 3.95. The number of hydroxylamine groups is 4. The number of methoxy groups -OCH3 is 1. The number of hydrogen-bond acceptors (Lipinski definition) is 6. The first-order valence-corrected chi connectivity index (χ1v) is 10.9. The number of carbonyl (C=O) groups is 2. The van der Waals surface area contributed by atoms with Crippen LogP contribution in [-0.4, -0.2) is 61.5 Å². The molecule has 1 unspecified atom stereocenters. The highest BCUT2D eigenvalue weighted by Crippen LogP contribution is 2.44. The molecule has 170 valence electrons. The molecular weight excluding hydrogens is 432 g/mol. The Kier molecular flexibility index (Phi) is 6.65. The van der Waals surface area contributed by atoms with E-state index in [0.29, 0.717) is 36.5 Å². The van der Waals surface area contributed by atoms with Crippen LogP contribution in [0.2, 0.25) is 5.02 Å². The molecular formula is C24H27ClN2O5. The second kappa shape index (κ2) is 9.29. The summed E-state index contributed by atoms with van der Waals surface area (Å²) in [5.41, 5.74) is 2.43. The van der Waals surface area contributed by atoms with Crippen molar-refractivity contribution in [3.8, 4) is 11.1 Å². The van der Waals surface area contributed by atoms with E-state index in [-0.39, 0.29) is 18.5 Å². The van der Waals surface area contributed by atoms with Crippen LogP contribution in [0.5, 0.6) is 0 Å². The number of ether oxygens (including phenoxy) is 1. The Labute approximate surface area is 192 Å². The Morgan fingerprint density at radius 2 is 1.69 bits per heavy atom. The Balaban J connectivity index is 1.73. The normalized spacial score (nSPS) is 21.0. The second-order valence-electron chi connectivity index (χ2n) is 8.19. The first kappa shape index (κ1) is 22.9. The summed E-state index contributed by atoms with van der Waals surface area (Å²) < 4.78 is 5.04. The maximum Gasteiger partial charge on any atom is 0.262 e. The maximum absolute atomic E-state index is 13.8. The predicted molar refractivity (Wildman–Crippen MR) is 120 cm³/mol. The molecule has 2 saturated heterocycles. The quantitative estimate of drug-likeness (QED) is 0.485. The number of nitrogens with zero attached hydrogens (tertiary/aromatic N) is 2. The fourth-order valence-corrected chi connectivity index (χ4v) is 4.76. The van der Waals surface area contributed by atoms with Gasteiger partial charge in [0.15, 0.2) is 12.6 Å². The number of hydrogen-bond donors (Lipinski definition) is 0. The van der Waals surface area contributed by atoms with Crippen LogP contribution in [0.4, 0.5) is 0 Å². The lowest BCUT2D eigenvalue weighted by molar-refractivity contribution is -0.256. The van der Waals surface area contributed by atoms with Gasteiger partial charge in [0.1, 0.15) is 11.5 Å². The summed E-state index contributed by atoms with van der Waals surface area (Å²) in [5, 5.41) is 3.71. The number of amides is 1. The Hall–Kier alpha value is -2.29. The standard InChI is InChI=1S/C24H27ClN2O5/c1-16-4-5-18(17-6-8-19(25)9-7-17)14-20(16)21-22(28)24(10-12-26(31-3)13-11-24)27(23(21)29)32-15-30-2/h4-9,14,21H,10-13,15H2,1-3H3. The molecule has 0 aliphatic carbocycles. The van der Waals surface area contributed by atoms with E-state index in [4.69, 9.17) is 26.0 Å². The van der Waals surface area contributed by atoms with Gasteiger partial charge in [0, 0.05) is 25.2 Å². The third-order valence-corrected chi connectivity index (χ3v) is 6.68. The maximum atomic E-state index is 13.8. The van der Waals surface area contributed by atoms with Crippen LogP contribution in [0.15, 0.2) is 42.5 Å². The summed E-state index contributed by atoms with van der Waals surface area (Å²) in [4.78, 5) is 38.4. The summed E-state index contributed by atoms with van der Waals surface area (Å²) in [6, 6.07) is 13.3. The van der Waals surface area contributed by atoms with E-state index in [1.165, 1.54) is 12.2 Å². The van der Waals surface area contributed by atoms with E-state index in [0.717, 1.165) is 16.7 Å². The van der Waals surface area contributed by atoms with Gasteiger partial charge in [0.2, 0.25) is 0 Å². The van der Waals surface area contributed by atoms with Crippen LogP contribution >= 0.6 is 11.6 Å². The zero-order valence-electron chi connectivity index (χ0n) is 18.5. The van der Waals surface area contributed by atoms with Gasteiger partial charge in [-0.05, 0) is 60.2 Å². The van der Waals surface area contributed by atoms with Crippen molar-refractivity contribution in [1.82, 2.24) is 10.1 Å². The molecule has 0 bridgehead atoms. The number of carbonyl (C=O) groups excluding carboxylic acids is 2. The molecule has 1 atom stereocenters. The molecule has 0 N–H and O–H groups in total. The minimum atomic E-state index is -1.03. The molecule has 0 aromatic heterocycles. The fraction of sp³-hybridized carbons (Fsp3) is 0.417. The monoisotopic (exact) mass is 458 g/mol. The average Bonchev–Trinajstić information content (AvgIpc) is 3.00. The van der Waals surface area contributed by atoms with Gasteiger partial charge < -0.3 is 9.57 Å². The van der Waals surface area contributed by atoms with Crippen LogP contribution < -0.4 is 0 Å². The van der Waals surface area contributed by atoms with Crippen molar-refractivity contribution < 1.29 is 24.0 Å². The molecule has 2 aliphatic rings. The van der Waals surface area contributed by atoms with E-state index < -0.39 is 11.5 Å². The third-order valence-electron chi connectivity index (χ3n) is 6.43. The van der Waals surface area contributed by atoms with Gasteiger partial charge in [-0.25, -0.2) is 9.90 Å². The Morgan fingerprint density at radius 3 is 2.31 bits per heavy atom. The number of benzene rings is 2. The molecule has 4 rings (SSSR count). The molecule has 2 aromatic rings. The Bertz CT molecular complexity index is 1000. The Morgan fingerprint density at radius 1 is 1.03 bits per heavy atom. The molecule has 0 saturated carbocycles. The molecule has 8 heteroatoms. The number of halogens is 1. The molecule has 7 nitrogen and oxygen atoms in total. The number of aryl methyl sites for hydroxylation is 1. The van der Waals surface area contributed by atoms with Gasteiger partial charge in [-0.1, -0.05) is 35.9 Å². The SMILES string of the molecule is COCON1C(=O)C(c2cc(-c3ccc(Cl)cc3)ccc2C)C(=O)C12CCN(OC)CC2. The lowest BCUT2D eigenvalue weighted by Crippen LogP contribution is -2.56. The van der Waals surface area contributed by atoms with Gasteiger partial charge in [0.25, 0.3) is 5.91 Å². The minimum Gasteiger partial charge on any atom is -0.356 e. The zero-order valence-corrected chi connectivity index (χ0v) is 19.2. The van der Waals surface area contributed by atoms with Crippen molar-refractivity contribution in [3.63, 3.8) is 0 Å². The number of ketones is 1. The summed E-state index contributed by atoms with van der Waals surface area (Å²) in [5.74, 6) is -1.41. The van der Waals surface area contributed by atoms with E-state index in [1.54, 1.807) is 12.2 Å². The molecule has 2 aromatic carbocycles. The molecule has 0 radical (unpaired) electrons. The first-order chi connectivity index (χ1) is 15.4. The summed E-state index contributed by atoms with van der Waals surface area (Å²) in [7, 11) is 3.09. The molecule has 2 fully saturated rings. The smallest absolute Gasteiger partial charge is 0.262 e. The second-order valence-corrected chi connectivity index (χ2v) is 8.62. The summed E-state index contributed by atoms with van der Waals surface area (Å²) >= 11 is 6.03. The first-order valence-electron chi connectivity index (χ1n) is 10.6. The highest BCUT2D eigenvalue weighted by Gasteiger charge is 2.61. The van der Waals surface area contributed by atoms with Crippen molar-refractivity contribution in [2.75, 3.05) is 34.1 Å². The van der Waals surface area contributed by atoms with Crippen molar-refractivity contribution in [1.29, 1.82) is 0 Å². The van der Waals surface area contributed by atoms with Crippen molar-refractivity contribution in [2.24, 2.45) is 0 Å². The zero-order chi connectivity index (χ0) is 22.9. The topological polar surface area (TPSA) is 68.3 Å². The average molecular weight is 459 g/mol. The lowest BCUT2D eigenvalue weighted by atomic mass is 9.79. The highest BCUT2D eigenvalue weighted by molar-refractivity contribution is 6.30. The largest absolute Gasteiger partial charge is 0.356 e. The van der Waals surface area contributed by atoms with Crippen molar-refractivity contribution >= 4 is 23.3 Å². The van der Waals surface area contributed by atoms with Crippen LogP contribution in [0.1, 0.15) is 29.9 Å². The van der Waals surface area contributed by atoms with E-state index in [9.17, 15) is 9.59 Å². The van der Waals surface area contributed by atoms with Gasteiger partial charge in [0.05, 0.1) is 7.11 Å². The van der Waals surface area contributed by atoms with Crippen LogP contribution in [0.25, 0.3) is 11.1 Å². The fourth-order valence-electron chi connectivity index (χ4n) is 4.64. The van der Waals surface area contributed by atoms with Crippen molar-refractivity contribution in [3.05, 3.63) is 58.6 Å². The summed E-state index contributed by atoms with van der Waals surface area (Å²) in [6.07, 6.45) is 0.864. The highest BCUT2D eigenvalue weighted by atomic mass is 35.5. The van der Waals surface area contributed by atoms with E-state index >= 15 is 0 Å². The van der Waals surface area contributed by atoms with Crippen LogP contribution in [0, 0.1) is 6.92 Å². The lowest BCUT2D eigenvalue weighted by Gasteiger charge is -2.41. The predicted octanol–water partition coefficient (Wildman–Crippen LogP) is 3.74. The van der Waals surface area contributed by atoms with Crippen LogP contribution in [0.3, 0.4) is 0 Å². The van der Waals surface area contributed by atoms with Crippen molar-refractivity contribution in [2.45, 2.75) is 31.2 Å². The van der Waals surface area contributed by atoms with Gasteiger partial charge >= 0.3 is 0 Å². The molecule has 2 heterocycles. The molecule has 32 heavy (non-hydrogen) atoms. The number of rotatable bonds is 6. The van der Waals surface area contributed by atoms with Gasteiger partial charge in [-0.2, -0.15) is 5.06 Å². The minimum absolute atomic E-state index is 0.106. The van der Waals surface area contributed by atoms with Gasteiger partial charge in [-0.15, -0.1) is 0 Å². The molecule has 1 amide bonds. The van der Waals surface area contributed by atoms with Gasteiger partial charge in [-0.3, -0.25) is 9.59 Å².